The van der Waals surface area contributed by atoms with Crippen LogP contribution in [0.25, 0.3) is 10.4 Å². The molecule has 0 spiro atoms. The van der Waals surface area contributed by atoms with Crippen LogP contribution in [0, 0.1) is 5.92 Å². The number of halogens is 1. The number of ether oxygens (including phenoxy) is 1. The molecule has 1 aromatic carbocycles. The first-order valence-corrected chi connectivity index (χ1v) is 7.36. The molecule has 2 aromatic rings. The van der Waals surface area contributed by atoms with Gasteiger partial charge in [0.05, 0.1) is 17.0 Å². The van der Waals surface area contributed by atoms with E-state index in [1.807, 2.05) is 30.3 Å². The number of hydrogen-bond acceptors (Lipinski definition) is 3. The molecule has 0 radical (unpaired) electrons. The van der Waals surface area contributed by atoms with Crippen molar-refractivity contribution in [2.75, 3.05) is 7.11 Å². The largest absolute Gasteiger partial charge is 0.495 e. The number of methoxy groups -OCH3 is 1. The lowest BCUT2D eigenvalue weighted by Gasteiger charge is -2.04. The van der Waals surface area contributed by atoms with Crippen molar-refractivity contribution >= 4 is 28.7 Å². The average Bonchev–Trinajstić information content (AvgIpc) is 3.16. The van der Waals surface area contributed by atoms with Crippen molar-refractivity contribution in [3.63, 3.8) is 0 Å². The molecule has 3 rings (SSSR count). The molecule has 1 fully saturated rings. The average molecular weight is 293 g/mol. The summed E-state index contributed by atoms with van der Waals surface area (Å²) >= 11 is 7.55. The van der Waals surface area contributed by atoms with Gasteiger partial charge in [0.1, 0.15) is 5.75 Å². The molecule has 0 N–H and O–H groups in total. The van der Waals surface area contributed by atoms with Crippen molar-refractivity contribution in [3.05, 3.63) is 40.2 Å². The first-order chi connectivity index (χ1) is 9.19. The van der Waals surface area contributed by atoms with E-state index in [1.165, 1.54) is 11.3 Å². The predicted molar refractivity (Wildman–Crippen MR) is 78.4 cm³/mol. The molecule has 1 heterocycles. The van der Waals surface area contributed by atoms with Crippen LogP contribution in [0.1, 0.15) is 22.5 Å². The van der Waals surface area contributed by atoms with Crippen LogP contribution >= 0.6 is 22.9 Å². The summed E-state index contributed by atoms with van der Waals surface area (Å²) in [6.45, 7) is 0. The lowest BCUT2D eigenvalue weighted by atomic mass is 10.1. The fraction of sp³-hybridized carbons (Fsp3) is 0.267. The van der Waals surface area contributed by atoms with E-state index in [9.17, 15) is 4.79 Å². The smallest absolute Gasteiger partial charge is 0.175 e. The molecule has 1 aromatic heterocycles. The van der Waals surface area contributed by atoms with Crippen LogP contribution in [0.2, 0.25) is 5.02 Å². The molecule has 0 unspecified atom stereocenters. The van der Waals surface area contributed by atoms with Crippen LogP contribution in [-0.4, -0.2) is 12.9 Å². The zero-order valence-electron chi connectivity index (χ0n) is 10.5. The highest BCUT2D eigenvalue weighted by Gasteiger charge is 2.31. The number of rotatable bonds is 4. The second-order valence-electron chi connectivity index (χ2n) is 4.65. The van der Waals surface area contributed by atoms with Crippen LogP contribution in [0.3, 0.4) is 0 Å². The third-order valence-electron chi connectivity index (χ3n) is 3.23. The number of carbonyl (C=O) groups is 1. The summed E-state index contributed by atoms with van der Waals surface area (Å²) in [5.74, 6) is 1.21. The Bertz CT molecular complexity index is 629. The molecule has 1 aliphatic carbocycles. The predicted octanol–water partition coefficient (Wildman–Crippen LogP) is 4.67. The summed E-state index contributed by atoms with van der Waals surface area (Å²) in [5.41, 5.74) is 1.03. The van der Waals surface area contributed by atoms with Crippen molar-refractivity contribution in [1.29, 1.82) is 0 Å². The first kappa shape index (κ1) is 12.7. The molecule has 0 atom stereocenters. The van der Waals surface area contributed by atoms with Gasteiger partial charge >= 0.3 is 0 Å². The van der Waals surface area contributed by atoms with E-state index in [1.54, 1.807) is 7.11 Å². The fourth-order valence-electron chi connectivity index (χ4n) is 1.99. The summed E-state index contributed by atoms with van der Waals surface area (Å²) in [6.07, 6.45) is 2.08. The molecule has 2 nitrogen and oxygen atoms in total. The second kappa shape index (κ2) is 4.99. The Morgan fingerprint density at radius 2 is 2.11 bits per heavy atom. The van der Waals surface area contributed by atoms with Gasteiger partial charge in [-0.1, -0.05) is 17.7 Å². The number of hydrogen-bond donors (Lipinski definition) is 0. The van der Waals surface area contributed by atoms with E-state index in [4.69, 9.17) is 16.3 Å². The maximum atomic E-state index is 12.0. The Morgan fingerprint density at radius 3 is 2.79 bits per heavy atom. The van der Waals surface area contributed by atoms with E-state index >= 15 is 0 Å². The Labute approximate surface area is 121 Å². The van der Waals surface area contributed by atoms with Gasteiger partial charge in [0.15, 0.2) is 5.78 Å². The molecule has 1 aliphatic rings. The van der Waals surface area contributed by atoms with E-state index in [-0.39, 0.29) is 11.7 Å². The number of thiophene rings is 1. The van der Waals surface area contributed by atoms with Crippen LogP contribution < -0.4 is 4.74 Å². The molecule has 0 amide bonds. The number of Topliss-reactive ketones (excluding diaryl/α,β-unsaturated/α-hetero) is 1. The van der Waals surface area contributed by atoms with E-state index in [2.05, 4.69) is 0 Å². The summed E-state index contributed by atoms with van der Waals surface area (Å²) in [4.78, 5) is 13.9. The molecule has 4 heteroatoms. The van der Waals surface area contributed by atoms with Gasteiger partial charge in [0.2, 0.25) is 0 Å². The number of ketones is 1. The highest BCUT2D eigenvalue weighted by atomic mass is 35.5. The second-order valence-corrected chi connectivity index (χ2v) is 6.14. The van der Waals surface area contributed by atoms with Crippen molar-refractivity contribution in [2.24, 2.45) is 5.92 Å². The van der Waals surface area contributed by atoms with Crippen LogP contribution in [0.15, 0.2) is 30.3 Å². The minimum Gasteiger partial charge on any atom is -0.495 e. The van der Waals surface area contributed by atoms with Gasteiger partial charge in [-0.05, 0) is 42.7 Å². The highest BCUT2D eigenvalue weighted by Crippen LogP contribution is 2.38. The van der Waals surface area contributed by atoms with Gasteiger partial charge in [0, 0.05) is 10.8 Å². The van der Waals surface area contributed by atoms with E-state index in [0.717, 1.165) is 28.2 Å². The topological polar surface area (TPSA) is 26.3 Å². The highest BCUT2D eigenvalue weighted by molar-refractivity contribution is 7.17. The number of benzene rings is 1. The van der Waals surface area contributed by atoms with Gasteiger partial charge in [-0.15, -0.1) is 11.3 Å². The van der Waals surface area contributed by atoms with E-state index in [0.29, 0.717) is 10.8 Å². The number of carbonyl (C=O) groups excluding carboxylic acids is 1. The standard InChI is InChI=1S/C15H13ClO2S/c1-18-12-8-10(4-5-11(12)16)13-6-7-14(19-13)15(17)9-2-3-9/h4-9H,2-3H2,1H3. The van der Waals surface area contributed by atoms with Gasteiger partial charge in [-0.25, -0.2) is 0 Å². The summed E-state index contributed by atoms with van der Waals surface area (Å²) < 4.78 is 5.22. The van der Waals surface area contributed by atoms with Gasteiger partial charge in [-0.2, -0.15) is 0 Å². The SMILES string of the molecule is COc1cc(-c2ccc(C(=O)C3CC3)s2)ccc1Cl. The quantitative estimate of drug-likeness (QED) is 0.766. The Balaban J connectivity index is 1.91. The lowest BCUT2D eigenvalue weighted by molar-refractivity contribution is 0.0971. The van der Waals surface area contributed by atoms with Crippen molar-refractivity contribution in [2.45, 2.75) is 12.8 Å². The minimum atomic E-state index is 0.270. The van der Waals surface area contributed by atoms with E-state index < -0.39 is 0 Å². The molecular formula is C15H13ClO2S. The Morgan fingerprint density at radius 1 is 1.32 bits per heavy atom. The zero-order chi connectivity index (χ0) is 13.4. The summed E-state index contributed by atoms with van der Waals surface area (Å²) in [5, 5.41) is 0.595. The maximum absolute atomic E-state index is 12.0. The Hall–Kier alpha value is -1.32. The zero-order valence-corrected chi connectivity index (χ0v) is 12.1. The minimum absolute atomic E-state index is 0.270. The van der Waals surface area contributed by atoms with Crippen molar-refractivity contribution in [3.8, 4) is 16.2 Å². The molecule has 19 heavy (non-hydrogen) atoms. The van der Waals surface area contributed by atoms with Crippen molar-refractivity contribution < 1.29 is 9.53 Å². The monoisotopic (exact) mass is 292 g/mol. The van der Waals surface area contributed by atoms with Crippen LogP contribution in [0.5, 0.6) is 5.75 Å². The van der Waals surface area contributed by atoms with Gasteiger partial charge in [-0.3, -0.25) is 4.79 Å². The van der Waals surface area contributed by atoms with Crippen molar-refractivity contribution in [1.82, 2.24) is 0 Å². The van der Waals surface area contributed by atoms with Gasteiger partial charge < -0.3 is 4.74 Å². The summed E-state index contributed by atoms with van der Waals surface area (Å²) in [6, 6.07) is 9.57. The molecule has 0 bridgehead atoms. The van der Waals surface area contributed by atoms with Gasteiger partial charge in [0.25, 0.3) is 0 Å². The lowest BCUT2D eigenvalue weighted by Crippen LogP contribution is -1.96. The molecule has 0 aliphatic heterocycles. The fourth-order valence-corrected chi connectivity index (χ4v) is 3.20. The molecular weight excluding hydrogens is 280 g/mol. The first-order valence-electron chi connectivity index (χ1n) is 6.17. The third kappa shape index (κ3) is 2.53. The molecule has 98 valence electrons. The van der Waals surface area contributed by atoms with Crippen LogP contribution in [0.4, 0.5) is 0 Å². The van der Waals surface area contributed by atoms with Crippen LogP contribution in [-0.2, 0) is 0 Å². The Kier molecular flexibility index (Phi) is 3.33. The molecule has 0 saturated heterocycles. The molecule has 1 saturated carbocycles. The third-order valence-corrected chi connectivity index (χ3v) is 4.69. The maximum Gasteiger partial charge on any atom is 0.175 e. The normalized spacial score (nSPS) is 14.4. The summed E-state index contributed by atoms with van der Waals surface area (Å²) in [7, 11) is 1.60.